The summed E-state index contributed by atoms with van der Waals surface area (Å²) < 4.78 is 14.6. The Bertz CT molecular complexity index is 866. The quantitative estimate of drug-likeness (QED) is 0.554. The molecular formula is C19H24FN5O2S. The predicted molar refractivity (Wildman–Crippen MR) is 113 cm³/mol. The zero-order valence-corrected chi connectivity index (χ0v) is 17.0. The number of hydrogen-bond donors (Lipinski definition) is 2. The van der Waals surface area contributed by atoms with Crippen LogP contribution < -0.4 is 15.5 Å². The lowest BCUT2D eigenvalue weighted by Gasteiger charge is -2.29. The molecule has 2 heterocycles. The van der Waals surface area contributed by atoms with Gasteiger partial charge in [0.05, 0.1) is 10.6 Å². The fraction of sp³-hybridized carbons (Fsp3) is 0.421. The predicted octanol–water partition coefficient (Wildman–Crippen LogP) is 4.64. The summed E-state index contributed by atoms with van der Waals surface area (Å²) in [6.45, 7) is 7.52. The Labute approximate surface area is 167 Å². The third kappa shape index (κ3) is 5.03. The van der Waals surface area contributed by atoms with Gasteiger partial charge >= 0.3 is 5.69 Å². The van der Waals surface area contributed by atoms with E-state index in [0.29, 0.717) is 17.2 Å². The van der Waals surface area contributed by atoms with Gasteiger partial charge in [0.1, 0.15) is 11.6 Å². The smallest absolute Gasteiger partial charge is 0.311 e. The van der Waals surface area contributed by atoms with Crippen molar-refractivity contribution in [1.29, 1.82) is 0 Å². The van der Waals surface area contributed by atoms with Crippen molar-refractivity contribution in [3.63, 3.8) is 0 Å². The fourth-order valence-corrected chi connectivity index (χ4v) is 3.83. The summed E-state index contributed by atoms with van der Waals surface area (Å²) in [6, 6.07) is 7.73. The van der Waals surface area contributed by atoms with Gasteiger partial charge in [0.25, 0.3) is 0 Å². The molecule has 1 aromatic carbocycles. The molecule has 0 atom stereocenters. The molecular weight excluding hydrogens is 381 g/mol. The van der Waals surface area contributed by atoms with E-state index < -0.39 is 4.92 Å². The number of nitrogens with zero attached hydrogens (tertiary/aromatic N) is 3. The van der Waals surface area contributed by atoms with E-state index in [-0.39, 0.29) is 22.9 Å². The number of anilines is 4. The number of rotatable bonds is 5. The van der Waals surface area contributed by atoms with Gasteiger partial charge in [-0.25, -0.2) is 9.37 Å². The SMILES string of the molecule is CC(C)(C)Nc1ccc([N+](=O)[O-])c(Nc2ccc(N3CCSCC3)c(F)c2)n1. The average Bonchev–Trinajstić information content (AvgIpc) is 2.61. The van der Waals surface area contributed by atoms with E-state index in [9.17, 15) is 14.5 Å². The summed E-state index contributed by atoms with van der Waals surface area (Å²) >= 11 is 1.86. The molecule has 0 bridgehead atoms. The van der Waals surface area contributed by atoms with E-state index in [4.69, 9.17) is 0 Å². The maximum absolute atomic E-state index is 14.6. The second-order valence-electron chi connectivity index (χ2n) is 7.59. The van der Waals surface area contributed by atoms with Gasteiger partial charge in [0, 0.05) is 41.9 Å². The van der Waals surface area contributed by atoms with Crippen molar-refractivity contribution < 1.29 is 9.31 Å². The summed E-state index contributed by atoms with van der Waals surface area (Å²) in [5.74, 6) is 2.17. The van der Waals surface area contributed by atoms with Crippen LogP contribution in [-0.4, -0.2) is 40.0 Å². The van der Waals surface area contributed by atoms with Crippen molar-refractivity contribution >= 4 is 40.5 Å². The minimum absolute atomic E-state index is 0.0702. The third-order valence-corrected chi connectivity index (χ3v) is 5.08. The molecule has 1 fully saturated rings. The van der Waals surface area contributed by atoms with Crippen LogP contribution in [0.3, 0.4) is 0 Å². The summed E-state index contributed by atoms with van der Waals surface area (Å²) in [4.78, 5) is 17.2. The number of pyridine rings is 1. The van der Waals surface area contributed by atoms with Crippen LogP contribution in [0.15, 0.2) is 30.3 Å². The zero-order valence-electron chi connectivity index (χ0n) is 16.2. The normalized spacial score (nSPS) is 14.6. The molecule has 1 aromatic heterocycles. The Morgan fingerprint density at radius 1 is 1.21 bits per heavy atom. The van der Waals surface area contributed by atoms with E-state index in [1.54, 1.807) is 18.2 Å². The number of nitro groups is 1. The molecule has 9 heteroatoms. The zero-order chi connectivity index (χ0) is 20.3. The Morgan fingerprint density at radius 3 is 2.54 bits per heavy atom. The van der Waals surface area contributed by atoms with Gasteiger partial charge in [-0.1, -0.05) is 0 Å². The lowest BCUT2D eigenvalue weighted by atomic mass is 10.1. The van der Waals surface area contributed by atoms with Crippen molar-refractivity contribution in [3.8, 4) is 0 Å². The standard InChI is InChI=1S/C19H24FN5O2S/c1-19(2,3)23-17-7-6-16(25(26)27)18(22-17)21-13-4-5-15(14(20)12-13)24-8-10-28-11-9-24/h4-7,12H,8-11H2,1-3H3,(H2,21,22,23). The molecule has 0 radical (unpaired) electrons. The number of halogens is 1. The first-order chi connectivity index (χ1) is 13.2. The highest BCUT2D eigenvalue weighted by molar-refractivity contribution is 7.99. The van der Waals surface area contributed by atoms with Crippen LogP contribution in [0, 0.1) is 15.9 Å². The van der Waals surface area contributed by atoms with E-state index in [2.05, 4.69) is 15.6 Å². The van der Waals surface area contributed by atoms with Crippen LogP contribution in [0.4, 0.5) is 33.1 Å². The second kappa shape index (κ2) is 8.22. The Morgan fingerprint density at radius 2 is 1.93 bits per heavy atom. The van der Waals surface area contributed by atoms with Crippen LogP contribution in [-0.2, 0) is 0 Å². The molecule has 0 spiro atoms. The van der Waals surface area contributed by atoms with Crippen LogP contribution in [0.2, 0.25) is 0 Å². The molecule has 1 aliphatic rings. The van der Waals surface area contributed by atoms with Crippen LogP contribution in [0.5, 0.6) is 0 Å². The highest BCUT2D eigenvalue weighted by atomic mass is 32.2. The molecule has 0 saturated carbocycles. The number of hydrogen-bond acceptors (Lipinski definition) is 7. The largest absolute Gasteiger partial charge is 0.368 e. The molecule has 0 aliphatic carbocycles. The van der Waals surface area contributed by atoms with Gasteiger partial charge in [-0.2, -0.15) is 11.8 Å². The highest BCUT2D eigenvalue weighted by Crippen LogP contribution is 2.31. The van der Waals surface area contributed by atoms with Crippen molar-refractivity contribution in [2.75, 3.05) is 40.1 Å². The summed E-state index contributed by atoms with van der Waals surface area (Å²) in [7, 11) is 0. The lowest BCUT2D eigenvalue weighted by molar-refractivity contribution is -0.384. The fourth-order valence-electron chi connectivity index (χ4n) is 2.93. The monoisotopic (exact) mass is 405 g/mol. The average molecular weight is 405 g/mol. The molecule has 2 aromatic rings. The minimum Gasteiger partial charge on any atom is -0.368 e. The Hall–Kier alpha value is -2.55. The first-order valence-electron chi connectivity index (χ1n) is 9.06. The maximum Gasteiger partial charge on any atom is 0.311 e. The first kappa shape index (κ1) is 20.2. The van der Waals surface area contributed by atoms with Gasteiger partial charge < -0.3 is 15.5 Å². The Balaban J connectivity index is 1.86. The molecule has 2 N–H and O–H groups in total. The van der Waals surface area contributed by atoms with E-state index in [1.807, 2.05) is 37.4 Å². The van der Waals surface area contributed by atoms with Gasteiger partial charge in [0.2, 0.25) is 5.82 Å². The highest BCUT2D eigenvalue weighted by Gasteiger charge is 2.20. The van der Waals surface area contributed by atoms with Crippen LogP contribution in [0.25, 0.3) is 0 Å². The third-order valence-electron chi connectivity index (χ3n) is 4.14. The van der Waals surface area contributed by atoms with Crippen LogP contribution >= 0.6 is 11.8 Å². The van der Waals surface area contributed by atoms with Gasteiger partial charge in [-0.05, 0) is 45.0 Å². The Kier molecular flexibility index (Phi) is 5.93. The molecule has 28 heavy (non-hydrogen) atoms. The van der Waals surface area contributed by atoms with Crippen LogP contribution in [0.1, 0.15) is 20.8 Å². The molecule has 1 saturated heterocycles. The van der Waals surface area contributed by atoms with E-state index >= 15 is 0 Å². The van der Waals surface area contributed by atoms with Crippen molar-refractivity contribution in [3.05, 3.63) is 46.3 Å². The molecule has 150 valence electrons. The number of nitrogens with one attached hydrogen (secondary N) is 2. The number of benzene rings is 1. The number of thioether (sulfide) groups is 1. The summed E-state index contributed by atoms with van der Waals surface area (Å²) in [5, 5.41) is 17.4. The number of aromatic nitrogens is 1. The molecule has 1 aliphatic heterocycles. The van der Waals surface area contributed by atoms with Gasteiger partial charge in [-0.15, -0.1) is 0 Å². The first-order valence-corrected chi connectivity index (χ1v) is 10.2. The minimum atomic E-state index is -0.508. The molecule has 0 amide bonds. The van der Waals surface area contributed by atoms with E-state index in [1.165, 1.54) is 12.1 Å². The lowest BCUT2D eigenvalue weighted by Crippen LogP contribution is -2.33. The summed E-state index contributed by atoms with van der Waals surface area (Å²) in [5.41, 5.74) is 0.547. The molecule has 7 nitrogen and oxygen atoms in total. The van der Waals surface area contributed by atoms with Crippen molar-refractivity contribution in [2.45, 2.75) is 26.3 Å². The molecule has 0 unspecified atom stereocenters. The molecule has 3 rings (SSSR count). The van der Waals surface area contributed by atoms with Crippen molar-refractivity contribution in [2.24, 2.45) is 0 Å². The topological polar surface area (TPSA) is 83.3 Å². The van der Waals surface area contributed by atoms with E-state index in [0.717, 1.165) is 24.6 Å². The summed E-state index contributed by atoms with van der Waals surface area (Å²) in [6.07, 6.45) is 0. The van der Waals surface area contributed by atoms with Gasteiger partial charge in [0.15, 0.2) is 0 Å². The second-order valence-corrected chi connectivity index (χ2v) is 8.81. The van der Waals surface area contributed by atoms with Crippen molar-refractivity contribution in [1.82, 2.24) is 4.98 Å². The maximum atomic E-state index is 14.6. The van der Waals surface area contributed by atoms with Gasteiger partial charge in [-0.3, -0.25) is 10.1 Å².